The number of rotatable bonds is 9. The number of carbonyl (C=O) groups is 1. The van der Waals surface area contributed by atoms with Crippen LogP contribution in [0.1, 0.15) is 32.3 Å². The molecule has 0 radical (unpaired) electrons. The number of carbonyl (C=O) groups excluding carboxylic acids is 1. The van der Waals surface area contributed by atoms with E-state index in [1.54, 1.807) is 13.1 Å². The molecule has 4 rings (SSSR count). The standard InChI is InChI=1S/C24H32N6O3/c1-3-32-23(31)27-13-12-26-21-8-11-29-30-16-18(14-22(21)30)20-7-6-19(15-28-20)24(33-4-2)9-5-10-25-17-24/h6-8,11,14-16,25-26H,3-5,9-10,12-13,17H2,1-2H3,(H,27,31)/t24-/m1/s1. The minimum absolute atomic E-state index is 0.305. The van der Waals surface area contributed by atoms with Crippen LogP contribution in [0.25, 0.3) is 16.8 Å². The zero-order chi connectivity index (χ0) is 23.1. The molecule has 1 saturated heterocycles. The molecule has 0 unspecified atom stereocenters. The zero-order valence-corrected chi connectivity index (χ0v) is 19.3. The Hall–Kier alpha value is -3.17. The Labute approximate surface area is 193 Å². The second-order valence-electron chi connectivity index (χ2n) is 8.02. The van der Waals surface area contributed by atoms with Crippen LogP contribution in [0.4, 0.5) is 10.5 Å². The van der Waals surface area contributed by atoms with Gasteiger partial charge in [-0.1, -0.05) is 6.07 Å². The molecule has 0 aromatic carbocycles. The predicted molar refractivity (Wildman–Crippen MR) is 127 cm³/mol. The summed E-state index contributed by atoms with van der Waals surface area (Å²) in [5.74, 6) is 0. The van der Waals surface area contributed by atoms with Crippen molar-refractivity contribution in [1.29, 1.82) is 0 Å². The first-order chi connectivity index (χ1) is 16.1. The van der Waals surface area contributed by atoms with Crippen LogP contribution >= 0.6 is 0 Å². The van der Waals surface area contributed by atoms with E-state index >= 15 is 0 Å². The second-order valence-corrected chi connectivity index (χ2v) is 8.02. The molecule has 3 N–H and O–H groups in total. The highest BCUT2D eigenvalue weighted by Gasteiger charge is 2.34. The normalized spacial score (nSPS) is 18.2. The maximum absolute atomic E-state index is 11.4. The number of ether oxygens (including phenoxy) is 2. The van der Waals surface area contributed by atoms with Crippen molar-refractivity contribution in [3.8, 4) is 11.3 Å². The third kappa shape index (κ3) is 5.26. The lowest BCUT2D eigenvalue weighted by atomic mass is 9.87. The Kier molecular flexibility index (Phi) is 7.41. The summed E-state index contributed by atoms with van der Waals surface area (Å²) in [5.41, 5.74) is 4.55. The summed E-state index contributed by atoms with van der Waals surface area (Å²) in [6.07, 6.45) is 7.33. The van der Waals surface area contributed by atoms with E-state index in [9.17, 15) is 4.79 Å². The van der Waals surface area contributed by atoms with Crippen LogP contribution < -0.4 is 16.0 Å². The highest BCUT2D eigenvalue weighted by Crippen LogP contribution is 2.33. The molecule has 3 aromatic rings. The lowest BCUT2D eigenvalue weighted by Crippen LogP contribution is -2.45. The van der Waals surface area contributed by atoms with E-state index in [0.717, 1.165) is 54.0 Å². The Morgan fingerprint density at radius 3 is 2.88 bits per heavy atom. The summed E-state index contributed by atoms with van der Waals surface area (Å²) in [6, 6.07) is 8.16. The van der Waals surface area contributed by atoms with Gasteiger partial charge in [0.2, 0.25) is 0 Å². The van der Waals surface area contributed by atoms with Crippen molar-refractivity contribution in [2.24, 2.45) is 0 Å². The maximum atomic E-state index is 11.4. The fraction of sp³-hybridized carbons (Fsp3) is 0.458. The lowest BCUT2D eigenvalue weighted by molar-refractivity contribution is -0.0603. The largest absolute Gasteiger partial charge is 0.450 e. The van der Waals surface area contributed by atoms with Crippen molar-refractivity contribution in [2.75, 3.05) is 44.7 Å². The zero-order valence-electron chi connectivity index (χ0n) is 19.3. The van der Waals surface area contributed by atoms with Crippen LogP contribution in [-0.2, 0) is 15.1 Å². The number of hydrogen-bond donors (Lipinski definition) is 3. The topological polar surface area (TPSA) is 102 Å². The van der Waals surface area contributed by atoms with Gasteiger partial charge in [0.1, 0.15) is 5.60 Å². The quantitative estimate of drug-likeness (QED) is 0.429. The molecule has 176 valence electrons. The Bertz CT molecular complexity index is 1050. The van der Waals surface area contributed by atoms with Gasteiger partial charge in [-0.3, -0.25) is 4.98 Å². The third-order valence-electron chi connectivity index (χ3n) is 5.84. The predicted octanol–water partition coefficient (Wildman–Crippen LogP) is 3.17. The Morgan fingerprint density at radius 1 is 1.24 bits per heavy atom. The number of alkyl carbamates (subject to hydrolysis) is 1. The van der Waals surface area contributed by atoms with Gasteiger partial charge >= 0.3 is 6.09 Å². The van der Waals surface area contributed by atoms with Crippen molar-refractivity contribution in [3.63, 3.8) is 0 Å². The molecule has 1 aliphatic heterocycles. The van der Waals surface area contributed by atoms with Gasteiger partial charge in [0.15, 0.2) is 0 Å². The minimum atomic E-state index is -0.409. The highest BCUT2D eigenvalue weighted by molar-refractivity contribution is 5.78. The highest BCUT2D eigenvalue weighted by atomic mass is 16.5. The molecule has 9 nitrogen and oxygen atoms in total. The van der Waals surface area contributed by atoms with Crippen LogP contribution in [-0.4, -0.2) is 60.1 Å². The van der Waals surface area contributed by atoms with Crippen molar-refractivity contribution in [2.45, 2.75) is 32.3 Å². The van der Waals surface area contributed by atoms with Crippen LogP contribution in [0.2, 0.25) is 0 Å². The summed E-state index contributed by atoms with van der Waals surface area (Å²) >= 11 is 0. The van der Waals surface area contributed by atoms with Gasteiger partial charge in [0.25, 0.3) is 0 Å². The number of piperidine rings is 1. The van der Waals surface area contributed by atoms with E-state index in [1.165, 1.54) is 0 Å². The van der Waals surface area contributed by atoms with Crippen LogP contribution in [0.15, 0.2) is 42.9 Å². The van der Waals surface area contributed by atoms with E-state index < -0.39 is 6.09 Å². The summed E-state index contributed by atoms with van der Waals surface area (Å²) in [6.45, 7) is 7.71. The average Bonchev–Trinajstić information content (AvgIpc) is 3.28. The van der Waals surface area contributed by atoms with Gasteiger partial charge in [0, 0.05) is 56.0 Å². The molecule has 0 bridgehead atoms. The number of pyridine rings is 1. The molecular formula is C24H32N6O3. The molecule has 0 saturated carbocycles. The van der Waals surface area contributed by atoms with E-state index in [-0.39, 0.29) is 5.60 Å². The fourth-order valence-corrected chi connectivity index (χ4v) is 4.29. The number of anilines is 1. The molecule has 33 heavy (non-hydrogen) atoms. The molecule has 1 amide bonds. The number of fused-ring (bicyclic) bond motifs is 1. The first-order valence-corrected chi connectivity index (χ1v) is 11.6. The molecule has 0 spiro atoms. The summed E-state index contributed by atoms with van der Waals surface area (Å²) in [7, 11) is 0. The fourth-order valence-electron chi connectivity index (χ4n) is 4.29. The van der Waals surface area contributed by atoms with Crippen LogP contribution in [0.5, 0.6) is 0 Å². The van der Waals surface area contributed by atoms with Crippen molar-refractivity contribution in [3.05, 3.63) is 48.4 Å². The van der Waals surface area contributed by atoms with Gasteiger partial charge in [-0.2, -0.15) is 5.10 Å². The number of nitrogens with zero attached hydrogens (tertiary/aromatic N) is 3. The van der Waals surface area contributed by atoms with Crippen molar-refractivity contribution < 1.29 is 14.3 Å². The van der Waals surface area contributed by atoms with Gasteiger partial charge < -0.3 is 25.4 Å². The number of aromatic nitrogens is 3. The maximum Gasteiger partial charge on any atom is 0.407 e. The summed E-state index contributed by atoms with van der Waals surface area (Å²) in [4.78, 5) is 16.2. The third-order valence-corrected chi connectivity index (χ3v) is 5.84. The molecule has 9 heteroatoms. The second kappa shape index (κ2) is 10.6. The Balaban J connectivity index is 1.48. The molecular weight excluding hydrogens is 420 g/mol. The molecule has 1 atom stereocenters. The number of nitrogens with one attached hydrogen (secondary N) is 3. The molecule has 1 fully saturated rings. The summed E-state index contributed by atoms with van der Waals surface area (Å²) < 4.78 is 12.9. The first kappa shape index (κ1) is 23.0. The average molecular weight is 453 g/mol. The van der Waals surface area contributed by atoms with Crippen molar-refractivity contribution >= 4 is 17.3 Å². The van der Waals surface area contributed by atoms with E-state index in [2.05, 4.69) is 39.2 Å². The lowest BCUT2D eigenvalue weighted by Gasteiger charge is -2.37. The van der Waals surface area contributed by atoms with E-state index in [1.807, 2.05) is 29.9 Å². The molecule has 1 aliphatic rings. The summed E-state index contributed by atoms with van der Waals surface area (Å²) in [5, 5.41) is 13.9. The van der Waals surface area contributed by atoms with Gasteiger partial charge in [0.05, 0.1) is 23.5 Å². The minimum Gasteiger partial charge on any atom is -0.450 e. The van der Waals surface area contributed by atoms with Gasteiger partial charge in [-0.25, -0.2) is 9.31 Å². The van der Waals surface area contributed by atoms with Crippen LogP contribution in [0, 0.1) is 0 Å². The molecule has 4 heterocycles. The SMILES string of the molecule is CCOC(=O)NCCNc1ccnn2cc(-c3ccc([C@@]4(OCC)CCCNC4)cn3)cc12. The van der Waals surface area contributed by atoms with Gasteiger partial charge in [-0.05, 0) is 51.4 Å². The monoisotopic (exact) mass is 452 g/mol. The van der Waals surface area contributed by atoms with E-state index in [0.29, 0.717) is 26.3 Å². The number of hydrogen-bond acceptors (Lipinski definition) is 7. The van der Waals surface area contributed by atoms with Crippen molar-refractivity contribution in [1.82, 2.24) is 25.2 Å². The smallest absolute Gasteiger partial charge is 0.407 e. The Morgan fingerprint density at radius 2 is 2.15 bits per heavy atom. The molecule has 0 aliphatic carbocycles. The molecule has 3 aromatic heterocycles. The first-order valence-electron chi connectivity index (χ1n) is 11.6. The van der Waals surface area contributed by atoms with Crippen LogP contribution in [0.3, 0.4) is 0 Å². The van der Waals surface area contributed by atoms with Gasteiger partial charge in [-0.15, -0.1) is 0 Å². The number of amides is 1. The van der Waals surface area contributed by atoms with E-state index in [4.69, 9.17) is 14.5 Å².